The van der Waals surface area contributed by atoms with E-state index in [0.29, 0.717) is 6.16 Å². The molecule has 0 heterocycles. The third-order valence-electron chi connectivity index (χ3n) is 5.42. The Morgan fingerprint density at radius 1 is 0.710 bits per heavy atom. The second-order valence-corrected chi connectivity index (χ2v) is 10.3. The molecule has 0 aromatic heterocycles. The molecule has 4 aromatic rings. The normalized spacial score (nSPS) is 12.2. The molecule has 31 heavy (non-hydrogen) atoms. The van der Waals surface area contributed by atoms with Crippen molar-refractivity contribution in [2.24, 2.45) is 0 Å². The average molecular weight is 427 g/mol. The van der Waals surface area contributed by atoms with Gasteiger partial charge in [-0.25, -0.2) is 0 Å². The molecule has 0 saturated carbocycles. The van der Waals surface area contributed by atoms with Crippen LogP contribution in [0.25, 0.3) is 0 Å². The van der Waals surface area contributed by atoms with Crippen LogP contribution < -0.4 is 20.7 Å². The minimum Gasteiger partial charge on any atom is -0.495 e. The molecule has 4 aromatic carbocycles. The first-order valence-corrected chi connectivity index (χ1v) is 12.2. The van der Waals surface area contributed by atoms with Crippen LogP contribution in [0.5, 0.6) is 5.75 Å². The number of nitrogens with one attached hydrogen (secondary N) is 1. The number of para-hydroxylation sites is 2. The van der Waals surface area contributed by atoms with E-state index in [1.54, 1.807) is 7.11 Å². The Labute approximate surface area is 184 Å². The molecule has 1 N–H and O–H groups in total. The van der Waals surface area contributed by atoms with Crippen LogP contribution in [0.2, 0.25) is 0 Å². The fourth-order valence-corrected chi connectivity index (χ4v) is 6.67. The zero-order valence-corrected chi connectivity index (χ0v) is 18.4. The fourth-order valence-electron chi connectivity index (χ4n) is 3.83. The van der Waals surface area contributed by atoms with Crippen LogP contribution in [-0.4, -0.2) is 13.3 Å². The van der Waals surface area contributed by atoms with Crippen LogP contribution >= 0.6 is 7.14 Å². The van der Waals surface area contributed by atoms with Gasteiger partial charge in [-0.2, -0.15) is 0 Å². The van der Waals surface area contributed by atoms with Gasteiger partial charge in [0.1, 0.15) is 12.9 Å². The van der Waals surface area contributed by atoms with Gasteiger partial charge in [0.25, 0.3) is 0 Å². The zero-order chi connectivity index (χ0) is 21.5. The molecule has 4 rings (SSSR count). The van der Waals surface area contributed by atoms with E-state index in [-0.39, 0.29) is 6.04 Å². The van der Waals surface area contributed by atoms with Gasteiger partial charge in [-0.05, 0) is 17.7 Å². The number of methoxy groups -OCH3 is 1. The van der Waals surface area contributed by atoms with Gasteiger partial charge >= 0.3 is 0 Å². The molecule has 0 amide bonds. The number of ether oxygens (including phenoxy) is 1. The maximum Gasteiger partial charge on any atom is 0.145 e. The molecule has 0 aliphatic heterocycles. The largest absolute Gasteiger partial charge is 0.495 e. The molecule has 0 saturated heterocycles. The first-order chi connectivity index (χ1) is 15.2. The second-order valence-electron chi connectivity index (χ2n) is 7.40. The fraction of sp³-hybridized carbons (Fsp3) is 0.111. The van der Waals surface area contributed by atoms with Gasteiger partial charge in [-0.1, -0.05) is 103 Å². The lowest BCUT2D eigenvalue weighted by atomic mass is 10.1. The number of hydrogen-bond acceptors (Lipinski definition) is 3. The van der Waals surface area contributed by atoms with Gasteiger partial charge in [-0.3, -0.25) is 0 Å². The van der Waals surface area contributed by atoms with E-state index in [9.17, 15) is 4.57 Å². The van der Waals surface area contributed by atoms with E-state index in [1.807, 2.05) is 103 Å². The molecule has 4 heteroatoms. The predicted octanol–water partition coefficient (Wildman–Crippen LogP) is 5.86. The van der Waals surface area contributed by atoms with Crippen molar-refractivity contribution in [3.63, 3.8) is 0 Å². The van der Waals surface area contributed by atoms with Gasteiger partial charge < -0.3 is 14.6 Å². The molecular formula is C27H26NO2P. The average Bonchev–Trinajstić information content (AvgIpc) is 2.85. The Morgan fingerprint density at radius 2 is 1.19 bits per heavy atom. The number of rotatable bonds is 8. The summed E-state index contributed by atoms with van der Waals surface area (Å²) >= 11 is 0. The highest BCUT2D eigenvalue weighted by atomic mass is 31.2. The summed E-state index contributed by atoms with van der Waals surface area (Å²) in [6.07, 6.45) is 0.448. The monoisotopic (exact) mass is 427 g/mol. The summed E-state index contributed by atoms with van der Waals surface area (Å²) in [5.74, 6) is 0.762. The SMILES string of the molecule is COc1ccccc1NC(CP(=O)(c1ccccc1)c1ccccc1)c1ccccc1. The van der Waals surface area contributed by atoms with E-state index in [1.165, 1.54) is 0 Å². The quantitative estimate of drug-likeness (QED) is 0.358. The molecule has 156 valence electrons. The van der Waals surface area contributed by atoms with Crippen LogP contribution in [0, 0.1) is 0 Å². The molecule has 0 fully saturated rings. The van der Waals surface area contributed by atoms with Gasteiger partial charge in [0.05, 0.1) is 18.8 Å². The van der Waals surface area contributed by atoms with E-state index < -0.39 is 7.14 Å². The van der Waals surface area contributed by atoms with Crippen molar-refractivity contribution in [1.29, 1.82) is 0 Å². The van der Waals surface area contributed by atoms with Crippen LogP contribution in [0.3, 0.4) is 0 Å². The minimum atomic E-state index is -2.91. The maximum absolute atomic E-state index is 14.7. The summed E-state index contributed by atoms with van der Waals surface area (Å²) in [6.45, 7) is 0. The first-order valence-electron chi connectivity index (χ1n) is 10.4. The number of anilines is 1. The number of benzene rings is 4. The van der Waals surface area contributed by atoms with Crippen LogP contribution in [0.4, 0.5) is 5.69 Å². The third-order valence-corrected chi connectivity index (χ3v) is 8.57. The highest BCUT2D eigenvalue weighted by Gasteiger charge is 2.31. The van der Waals surface area contributed by atoms with Gasteiger partial charge in [-0.15, -0.1) is 0 Å². The topological polar surface area (TPSA) is 38.3 Å². The van der Waals surface area contributed by atoms with E-state index >= 15 is 0 Å². The molecule has 1 unspecified atom stereocenters. The van der Waals surface area contributed by atoms with Crippen LogP contribution in [0.1, 0.15) is 11.6 Å². The van der Waals surface area contributed by atoms with Crippen LogP contribution in [0.15, 0.2) is 115 Å². The molecule has 3 nitrogen and oxygen atoms in total. The van der Waals surface area contributed by atoms with Gasteiger partial charge in [0.2, 0.25) is 0 Å². The maximum atomic E-state index is 14.7. The molecule has 0 radical (unpaired) electrons. The molecule has 0 bridgehead atoms. The van der Waals surface area contributed by atoms with E-state index in [2.05, 4.69) is 17.4 Å². The molecule has 0 aliphatic rings. The van der Waals surface area contributed by atoms with Crippen molar-refractivity contribution in [3.05, 3.63) is 121 Å². The van der Waals surface area contributed by atoms with Crippen molar-refractivity contribution in [1.82, 2.24) is 0 Å². The van der Waals surface area contributed by atoms with Gasteiger partial charge in [0.15, 0.2) is 0 Å². The molecule has 0 spiro atoms. The van der Waals surface area contributed by atoms with Crippen molar-refractivity contribution in [2.75, 3.05) is 18.6 Å². The van der Waals surface area contributed by atoms with Gasteiger partial charge in [0, 0.05) is 16.8 Å². The summed E-state index contributed by atoms with van der Waals surface area (Å²) in [6, 6.07) is 37.5. The summed E-state index contributed by atoms with van der Waals surface area (Å²) in [4.78, 5) is 0. The first kappa shape index (κ1) is 21.0. The predicted molar refractivity (Wildman–Crippen MR) is 130 cm³/mol. The van der Waals surface area contributed by atoms with Crippen molar-refractivity contribution in [3.8, 4) is 5.75 Å². The standard InChI is InChI=1S/C27H26NO2P/c1-30-27-20-12-11-19-25(27)28-26(22-13-5-2-6-14-22)21-31(29,23-15-7-3-8-16-23)24-17-9-4-10-18-24/h2-20,26,28H,21H2,1H3. The van der Waals surface area contributed by atoms with Crippen molar-refractivity contribution in [2.45, 2.75) is 6.04 Å². The zero-order valence-electron chi connectivity index (χ0n) is 17.5. The Balaban J connectivity index is 1.79. The Morgan fingerprint density at radius 3 is 1.74 bits per heavy atom. The second kappa shape index (κ2) is 9.68. The summed E-state index contributed by atoms with van der Waals surface area (Å²) in [5, 5.41) is 5.34. The smallest absolute Gasteiger partial charge is 0.145 e. The summed E-state index contributed by atoms with van der Waals surface area (Å²) in [5.41, 5.74) is 1.96. The highest BCUT2D eigenvalue weighted by molar-refractivity contribution is 7.78. The lowest BCUT2D eigenvalue weighted by Gasteiger charge is -2.27. The Bertz CT molecular complexity index is 1100. The Kier molecular flexibility index (Phi) is 6.54. The van der Waals surface area contributed by atoms with Crippen LogP contribution in [-0.2, 0) is 4.57 Å². The molecular weight excluding hydrogens is 401 g/mol. The molecule has 0 aliphatic carbocycles. The molecule has 1 atom stereocenters. The summed E-state index contributed by atoms with van der Waals surface area (Å²) < 4.78 is 20.2. The van der Waals surface area contributed by atoms with E-state index in [0.717, 1.165) is 27.6 Å². The Hall–Kier alpha value is -3.29. The number of hydrogen-bond donors (Lipinski definition) is 1. The lowest BCUT2D eigenvalue weighted by Crippen LogP contribution is -2.25. The van der Waals surface area contributed by atoms with Crippen molar-refractivity contribution >= 4 is 23.4 Å². The van der Waals surface area contributed by atoms with E-state index in [4.69, 9.17) is 4.74 Å². The van der Waals surface area contributed by atoms with Crippen molar-refractivity contribution < 1.29 is 9.30 Å². The minimum absolute atomic E-state index is 0.163. The lowest BCUT2D eigenvalue weighted by molar-refractivity contribution is 0.416. The highest BCUT2D eigenvalue weighted by Crippen LogP contribution is 2.47. The summed E-state index contributed by atoms with van der Waals surface area (Å²) in [7, 11) is -1.25. The third kappa shape index (κ3) is 4.73.